The van der Waals surface area contributed by atoms with E-state index in [1.807, 2.05) is 0 Å². The van der Waals surface area contributed by atoms with Gasteiger partial charge in [0.1, 0.15) is 17.2 Å². The predicted molar refractivity (Wildman–Crippen MR) is 85.7 cm³/mol. The molecular formula is C16H15N3O4. The second-order valence-electron chi connectivity index (χ2n) is 4.83. The second kappa shape index (κ2) is 6.27. The highest BCUT2D eigenvalue weighted by Gasteiger charge is 2.09. The van der Waals surface area contributed by atoms with E-state index in [0.717, 1.165) is 0 Å². The third kappa shape index (κ3) is 3.18. The number of aromatic amines is 1. The van der Waals surface area contributed by atoms with E-state index in [1.54, 1.807) is 37.4 Å². The maximum absolute atomic E-state index is 12.4. The highest BCUT2D eigenvalue weighted by Crippen LogP contribution is 2.17. The van der Waals surface area contributed by atoms with E-state index in [4.69, 9.17) is 9.15 Å². The molecule has 0 saturated heterocycles. The summed E-state index contributed by atoms with van der Waals surface area (Å²) in [6.07, 6.45) is 2.98. The summed E-state index contributed by atoms with van der Waals surface area (Å²) in [6, 6.07) is 8.06. The number of methoxy groups -OCH3 is 1. The lowest BCUT2D eigenvalue weighted by Gasteiger charge is -2.08. The summed E-state index contributed by atoms with van der Waals surface area (Å²) in [4.78, 5) is 27.2. The first kappa shape index (κ1) is 14.7. The van der Waals surface area contributed by atoms with Crippen LogP contribution in [0.5, 0.6) is 5.75 Å². The minimum absolute atomic E-state index is 0.166. The molecule has 3 aromatic rings. The highest BCUT2D eigenvalue weighted by molar-refractivity contribution is 5.92. The van der Waals surface area contributed by atoms with Crippen molar-refractivity contribution in [2.24, 2.45) is 0 Å². The minimum Gasteiger partial charge on any atom is -0.497 e. The molecule has 0 aliphatic rings. The number of carbonyl (C=O) groups is 1. The summed E-state index contributed by atoms with van der Waals surface area (Å²) >= 11 is 0. The van der Waals surface area contributed by atoms with Crippen LogP contribution in [0.3, 0.4) is 0 Å². The normalized spacial score (nSPS) is 10.5. The van der Waals surface area contributed by atoms with Crippen molar-refractivity contribution in [3.63, 3.8) is 0 Å². The molecule has 0 fully saturated rings. The number of rotatable bonds is 4. The van der Waals surface area contributed by atoms with Gasteiger partial charge in [0.25, 0.3) is 0 Å². The molecule has 0 spiro atoms. The fourth-order valence-corrected chi connectivity index (χ4v) is 2.17. The number of ether oxygens (including phenoxy) is 1. The number of amides is 2. The van der Waals surface area contributed by atoms with Crippen molar-refractivity contribution >= 4 is 22.6 Å². The number of hydrogen-bond acceptors (Lipinski definition) is 4. The second-order valence-corrected chi connectivity index (χ2v) is 4.83. The molecule has 0 unspecified atom stereocenters. The molecule has 0 atom stereocenters. The molecule has 23 heavy (non-hydrogen) atoms. The predicted octanol–water partition coefficient (Wildman–Crippen LogP) is 2.45. The Morgan fingerprint density at radius 2 is 2.22 bits per heavy atom. The van der Waals surface area contributed by atoms with Gasteiger partial charge in [-0.25, -0.2) is 4.79 Å². The fraction of sp³-hybridized carbons (Fsp3) is 0.125. The molecular weight excluding hydrogens is 298 g/mol. The van der Waals surface area contributed by atoms with Crippen molar-refractivity contribution in [1.82, 2.24) is 10.3 Å². The molecule has 1 aromatic carbocycles. The van der Waals surface area contributed by atoms with E-state index >= 15 is 0 Å². The Balaban J connectivity index is 1.76. The van der Waals surface area contributed by atoms with Crippen LogP contribution in [0.4, 0.5) is 10.5 Å². The van der Waals surface area contributed by atoms with Gasteiger partial charge in [-0.1, -0.05) is 0 Å². The molecule has 2 heterocycles. The lowest BCUT2D eigenvalue weighted by Crippen LogP contribution is -2.30. The Bertz CT molecular complexity index is 884. The average molecular weight is 313 g/mol. The minimum atomic E-state index is -0.486. The summed E-state index contributed by atoms with van der Waals surface area (Å²) in [5.74, 6) is 1.27. The van der Waals surface area contributed by atoms with Crippen molar-refractivity contribution in [3.05, 3.63) is 58.8 Å². The van der Waals surface area contributed by atoms with Crippen LogP contribution in [0.1, 0.15) is 5.76 Å². The molecule has 0 radical (unpaired) electrons. The number of furan rings is 1. The molecule has 0 aliphatic carbocycles. The standard InChI is InChI=1S/C16H15N3O4/c1-22-10-4-5-12-13(7-10)17-9-14(15(12)20)19-16(21)18-8-11-3-2-6-23-11/h2-7,9H,8H2,1H3,(H,17,20)(H2,18,19,21). The molecule has 0 saturated carbocycles. The van der Waals surface area contributed by atoms with Gasteiger partial charge in [0.15, 0.2) is 0 Å². The van der Waals surface area contributed by atoms with Crippen molar-refractivity contribution in [2.45, 2.75) is 6.54 Å². The summed E-state index contributed by atoms with van der Waals surface area (Å²) in [5, 5.41) is 5.60. The van der Waals surface area contributed by atoms with Gasteiger partial charge in [-0.05, 0) is 24.3 Å². The van der Waals surface area contributed by atoms with E-state index in [9.17, 15) is 9.59 Å². The van der Waals surface area contributed by atoms with Crippen LogP contribution in [-0.2, 0) is 6.54 Å². The number of nitrogens with one attached hydrogen (secondary N) is 3. The summed E-state index contributed by atoms with van der Waals surface area (Å²) in [5.41, 5.74) is 0.532. The molecule has 2 amide bonds. The third-order valence-electron chi connectivity index (χ3n) is 3.34. The van der Waals surface area contributed by atoms with E-state index in [2.05, 4.69) is 15.6 Å². The van der Waals surface area contributed by atoms with Crippen molar-refractivity contribution in [1.29, 1.82) is 0 Å². The number of carbonyl (C=O) groups excluding carboxylic acids is 1. The molecule has 2 aromatic heterocycles. The molecule has 118 valence electrons. The first-order valence-corrected chi connectivity index (χ1v) is 6.94. The Hall–Kier alpha value is -3.22. The Kier molecular flexibility index (Phi) is 4.01. The maximum Gasteiger partial charge on any atom is 0.319 e. The zero-order valence-corrected chi connectivity index (χ0v) is 12.4. The van der Waals surface area contributed by atoms with Crippen molar-refractivity contribution in [3.8, 4) is 5.75 Å². The van der Waals surface area contributed by atoms with Crippen LogP contribution in [0.15, 0.2) is 52.0 Å². The number of urea groups is 1. The molecule has 0 bridgehead atoms. The molecule has 0 aliphatic heterocycles. The third-order valence-corrected chi connectivity index (χ3v) is 3.34. The van der Waals surface area contributed by atoms with E-state index < -0.39 is 6.03 Å². The van der Waals surface area contributed by atoms with Gasteiger partial charge < -0.3 is 24.8 Å². The van der Waals surface area contributed by atoms with E-state index in [1.165, 1.54) is 12.5 Å². The zero-order valence-electron chi connectivity index (χ0n) is 12.4. The number of pyridine rings is 1. The van der Waals surface area contributed by atoms with Gasteiger partial charge in [-0.3, -0.25) is 4.79 Å². The van der Waals surface area contributed by atoms with Crippen LogP contribution in [0.25, 0.3) is 10.9 Å². The monoisotopic (exact) mass is 313 g/mol. The summed E-state index contributed by atoms with van der Waals surface area (Å²) < 4.78 is 10.2. The number of H-pyrrole nitrogens is 1. The number of benzene rings is 1. The Labute approximate surface area is 131 Å². The number of fused-ring (bicyclic) bond motifs is 1. The lowest BCUT2D eigenvalue weighted by molar-refractivity contribution is 0.251. The Morgan fingerprint density at radius 3 is 2.96 bits per heavy atom. The molecule has 7 heteroatoms. The fourth-order valence-electron chi connectivity index (χ4n) is 2.17. The highest BCUT2D eigenvalue weighted by atomic mass is 16.5. The van der Waals surface area contributed by atoms with Gasteiger partial charge in [0, 0.05) is 17.6 Å². The quantitative estimate of drug-likeness (QED) is 0.689. The van der Waals surface area contributed by atoms with Gasteiger partial charge >= 0.3 is 6.03 Å². The zero-order chi connectivity index (χ0) is 16.2. The first-order chi connectivity index (χ1) is 11.2. The maximum atomic E-state index is 12.4. The topological polar surface area (TPSA) is 96.4 Å². The average Bonchev–Trinajstić information content (AvgIpc) is 3.09. The van der Waals surface area contributed by atoms with Crippen molar-refractivity contribution in [2.75, 3.05) is 12.4 Å². The van der Waals surface area contributed by atoms with Gasteiger partial charge in [0.05, 0.1) is 25.4 Å². The van der Waals surface area contributed by atoms with Crippen LogP contribution in [0, 0.1) is 0 Å². The first-order valence-electron chi connectivity index (χ1n) is 6.94. The van der Waals surface area contributed by atoms with Gasteiger partial charge in [-0.15, -0.1) is 0 Å². The van der Waals surface area contributed by atoms with E-state index in [-0.39, 0.29) is 17.7 Å². The smallest absolute Gasteiger partial charge is 0.319 e. The molecule has 3 N–H and O–H groups in total. The SMILES string of the molecule is COc1ccc2c(=O)c(NC(=O)NCc3ccco3)c[nH]c2c1. The van der Waals surface area contributed by atoms with Crippen LogP contribution >= 0.6 is 0 Å². The summed E-state index contributed by atoms with van der Waals surface area (Å²) in [7, 11) is 1.55. The molecule has 3 rings (SSSR count). The number of aromatic nitrogens is 1. The van der Waals surface area contributed by atoms with Crippen LogP contribution in [0.2, 0.25) is 0 Å². The van der Waals surface area contributed by atoms with Crippen molar-refractivity contribution < 1.29 is 13.9 Å². The van der Waals surface area contributed by atoms with Crippen LogP contribution in [-0.4, -0.2) is 18.1 Å². The molecule has 7 nitrogen and oxygen atoms in total. The number of hydrogen-bond donors (Lipinski definition) is 3. The van der Waals surface area contributed by atoms with Gasteiger partial charge in [-0.2, -0.15) is 0 Å². The Morgan fingerprint density at radius 1 is 1.35 bits per heavy atom. The van der Waals surface area contributed by atoms with Gasteiger partial charge in [0.2, 0.25) is 5.43 Å². The van der Waals surface area contributed by atoms with E-state index in [0.29, 0.717) is 22.4 Å². The number of anilines is 1. The summed E-state index contributed by atoms with van der Waals surface area (Å²) in [6.45, 7) is 0.238. The largest absolute Gasteiger partial charge is 0.497 e. The lowest BCUT2D eigenvalue weighted by atomic mass is 10.2. The van der Waals surface area contributed by atoms with Crippen LogP contribution < -0.4 is 20.8 Å².